The molecule has 0 aromatic carbocycles. The Kier molecular flexibility index (Phi) is 33.1. The molecule has 21 N–H and O–H groups in total. The van der Waals surface area contributed by atoms with Crippen molar-refractivity contribution in [2.75, 3.05) is 52.5 Å². The average molecular weight is 1530 g/mol. The molecule has 13 amide bonds. The van der Waals surface area contributed by atoms with Crippen LogP contribution in [-0.4, -0.2) is 261 Å². The van der Waals surface area contributed by atoms with E-state index in [9.17, 15) is 43.8 Å². The lowest BCUT2D eigenvalue weighted by atomic mass is 9.83. The van der Waals surface area contributed by atoms with Crippen molar-refractivity contribution in [3.63, 3.8) is 0 Å². The van der Waals surface area contributed by atoms with Crippen molar-refractivity contribution in [3.8, 4) is 0 Å². The summed E-state index contributed by atoms with van der Waals surface area (Å²) in [5.41, 5.74) is 21.5. The first-order valence-corrected chi connectivity index (χ1v) is 39.6. The summed E-state index contributed by atoms with van der Waals surface area (Å²) >= 11 is 0. The highest BCUT2D eigenvalue weighted by Gasteiger charge is 2.54. The molecule has 0 unspecified atom stereocenters. The number of aldehydes is 1. The van der Waals surface area contributed by atoms with Crippen LogP contribution in [0.2, 0.25) is 0 Å². The topological polar surface area (TPSA) is 538 Å². The van der Waals surface area contributed by atoms with Gasteiger partial charge in [0.25, 0.3) is 5.91 Å². The summed E-state index contributed by atoms with van der Waals surface area (Å²) < 4.78 is -1.58. The third-order valence-electron chi connectivity index (χ3n) is 21.6. The van der Waals surface area contributed by atoms with Crippen LogP contribution in [0.5, 0.6) is 0 Å². The van der Waals surface area contributed by atoms with Gasteiger partial charge < -0.3 is 111 Å². The number of amides is 13. The quantitative estimate of drug-likeness (QED) is 0.0216. The van der Waals surface area contributed by atoms with E-state index < -0.39 is 222 Å². The van der Waals surface area contributed by atoms with Gasteiger partial charge in [0.1, 0.15) is 84.3 Å². The Balaban J connectivity index is 1.57. The van der Waals surface area contributed by atoms with Crippen LogP contribution in [0, 0.1) is 29.6 Å². The number of aliphatic hydroxyl groups is 2. The highest BCUT2D eigenvalue weighted by molar-refractivity contribution is 8.77. The van der Waals surface area contributed by atoms with Gasteiger partial charge in [0, 0.05) is 50.1 Å². The van der Waals surface area contributed by atoms with E-state index in [2.05, 4.69) is 63.5 Å². The molecule has 0 spiro atoms. The average Bonchev–Trinajstić information content (AvgIpc) is 1.48. The molecular weight excluding hydrogens is 1420 g/mol. The van der Waals surface area contributed by atoms with E-state index in [1.807, 2.05) is 0 Å². The van der Waals surface area contributed by atoms with Crippen LogP contribution < -0.4 is 81.4 Å². The fourth-order valence-electron chi connectivity index (χ4n) is 14.7. The maximum atomic E-state index is 15.9. The second-order valence-corrected chi connectivity index (χ2v) is 32.9. The van der Waals surface area contributed by atoms with Crippen LogP contribution in [0.25, 0.3) is 0 Å². The number of nitrogens with zero attached hydrogens (tertiary/aromatic N) is 4. The summed E-state index contributed by atoms with van der Waals surface area (Å²) in [6.07, 6.45) is 5.12. The van der Waals surface area contributed by atoms with Gasteiger partial charge in [-0.05, 0) is 108 Å². The van der Waals surface area contributed by atoms with E-state index in [0.717, 1.165) is 23.6 Å². The molecule has 6 rings (SSSR count). The van der Waals surface area contributed by atoms with Crippen molar-refractivity contribution < 1.29 is 77.3 Å². The minimum Gasteiger partial charge on any atom is -0.394 e. The Bertz CT molecular complexity index is 3190. The molecule has 106 heavy (non-hydrogen) atoms. The van der Waals surface area contributed by atoms with Crippen LogP contribution >= 0.6 is 21.6 Å². The number of rotatable bonds is 17. The highest BCUT2D eigenvalue weighted by Crippen LogP contribution is 2.43. The van der Waals surface area contributed by atoms with Gasteiger partial charge in [-0.1, -0.05) is 109 Å². The molecule has 6 fully saturated rings. The highest BCUT2D eigenvalue weighted by atomic mass is 33.1. The van der Waals surface area contributed by atoms with Crippen LogP contribution in [0.15, 0.2) is 4.99 Å². The standard InChI is InChI=1S/C69H117N19O16S2/c1-11-36(6)50-60(99)84-63-62(101)81-45(32-90)56(95)76-40(20-16-24-74-67(72)73)53(92)80-44(31-89)57(96)77-41(27-35(4)5)64(102)87-26-18-23-48(87)65(103)88-46-21-15-14-19-39(46)28-49(88)59(98)85-69(34-91,38(8)13-3)33-75-52(68(9,10)106-105-63)61(100)83-51(37(7)12-2)66(104)86-25-17-22-47(86)58(97)79-42(29-70)54(93)78-43(30-71)55(94)82-50/h34-52,63,75,89-90H,11-33,70-71H2,1-10H3,(H,76,95)(H,77,96)(H,78,93)(H,79,97)(H,80,92)(H,81,101)(H,82,94)(H,83,100)(H,84,99)(H,85,98)(H4,72,73,74)/t36-,37-,38-,39-,40-,41-,42-,43-,44-,45-,46-,47-,48+,49-,50-,51-,52+,63-,69-/m0/s1. The first-order chi connectivity index (χ1) is 50.2. The fraction of sp³-hybridized carbons (Fsp3) is 0.783. The largest absolute Gasteiger partial charge is 0.394 e. The second kappa shape index (κ2) is 40.1. The molecule has 2 bridgehead atoms. The van der Waals surface area contributed by atoms with Gasteiger partial charge in [-0.15, -0.1) is 0 Å². The second-order valence-electron chi connectivity index (χ2n) is 30.0. The van der Waals surface area contributed by atoms with E-state index in [4.69, 9.17) is 22.9 Å². The molecule has 1 aliphatic carbocycles. The Hall–Kier alpha value is -7.45. The monoisotopic (exact) mass is 1530 g/mol. The third kappa shape index (κ3) is 21.9. The molecule has 1 saturated carbocycles. The van der Waals surface area contributed by atoms with Gasteiger partial charge in [0.15, 0.2) is 11.3 Å². The van der Waals surface area contributed by atoms with E-state index in [1.54, 1.807) is 74.1 Å². The molecule has 5 aliphatic heterocycles. The number of nitrogens with one attached hydrogen (secondary N) is 11. The lowest BCUT2D eigenvalue weighted by Gasteiger charge is -2.42. The van der Waals surface area contributed by atoms with Gasteiger partial charge in [-0.25, -0.2) is 0 Å². The summed E-state index contributed by atoms with van der Waals surface area (Å²) in [7, 11) is 1.46. The van der Waals surface area contributed by atoms with Crippen molar-refractivity contribution in [3.05, 3.63) is 0 Å². The van der Waals surface area contributed by atoms with E-state index in [1.165, 1.54) is 9.80 Å². The maximum Gasteiger partial charge on any atom is 0.254 e. The van der Waals surface area contributed by atoms with Gasteiger partial charge in [-0.3, -0.25) is 67.3 Å². The van der Waals surface area contributed by atoms with Gasteiger partial charge in [0.05, 0.1) is 13.2 Å². The number of guanidine groups is 1. The van der Waals surface area contributed by atoms with E-state index >= 15 is 33.6 Å². The number of aliphatic hydroxyl groups excluding tert-OH is 2. The molecule has 5 saturated heterocycles. The number of hydrogen-bond acceptors (Lipinski definition) is 22. The van der Waals surface area contributed by atoms with Crippen LogP contribution in [0.4, 0.5) is 0 Å². The van der Waals surface area contributed by atoms with Gasteiger partial charge in [0.2, 0.25) is 70.9 Å². The first-order valence-electron chi connectivity index (χ1n) is 37.4. The van der Waals surface area contributed by atoms with Gasteiger partial charge >= 0.3 is 0 Å². The van der Waals surface area contributed by atoms with Gasteiger partial charge in [-0.2, -0.15) is 0 Å². The summed E-state index contributed by atoms with van der Waals surface area (Å²) in [6, 6.07) is -18.0. The minimum atomic E-state index is -1.95. The number of aliphatic imine (C=N–C) groups is 1. The van der Waals surface area contributed by atoms with Crippen LogP contribution in [0.1, 0.15) is 166 Å². The predicted octanol–water partition coefficient (Wildman–Crippen LogP) is -4.21. The number of carbonyl (C=O) groups is 14. The van der Waals surface area contributed by atoms with E-state index in [-0.39, 0.29) is 88.8 Å². The van der Waals surface area contributed by atoms with Crippen LogP contribution in [0.3, 0.4) is 0 Å². The summed E-state index contributed by atoms with van der Waals surface area (Å²) in [5, 5.41) is 49.7. The molecule has 596 valence electrons. The first kappa shape index (κ1) is 87.5. The lowest BCUT2D eigenvalue weighted by Crippen LogP contribution is -2.67. The minimum absolute atomic E-state index is 0.00104. The molecule has 0 aromatic heterocycles. The Morgan fingerprint density at radius 1 is 0.566 bits per heavy atom. The van der Waals surface area contributed by atoms with Crippen LogP contribution in [-0.2, 0) is 67.1 Å². The Morgan fingerprint density at radius 3 is 1.66 bits per heavy atom. The molecule has 35 nitrogen and oxygen atoms in total. The zero-order valence-electron chi connectivity index (χ0n) is 62.8. The predicted molar refractivity (Wildman–Crippen MR) is 396 cm³/mol. The van der Waals surface area contributed by atoms with Crippen molar-refractivity contribution in [1.82, 2.24) is 73.2 Å². The van der Waals surface area contributed by atoms with Crippen molar-refractivity contribution in [2.45, 2.75) is 260 Å². The zero-order chi connectivity index (χ0) is 78.7. The number of carbonyl (C=O) groups excluding carboxylic acids is 14. The summed E-state index contributed by atoms with van der Waals surface area (Å²) in [5.74, 6) is -14.3. The molecular formula is C69H117N19O16S2. The maximum absolute atomic E-state index is 15.9. The molecule has 6 aliphatic rings. The molecule has 5 heterocycles. The number of fused-ring (bicyclic) bond motifs is 9. The number of nitrogens with two attached hydrogens (primary N) is 4. The van der Waals surface area contributed by atoms with Crippen molar-refractivity contribution >= 4 is 111 Å². The Labute approximate surface area is 628 Å². The Morgan fingerprint density at radius 2 is 1.08 bits per heavy atom. The number of hydrogen-bond donors (Lipinski definition) is 17. The summed E-state index contributed by atoms with van der Waals surface area (Å²) in [6.45, 7) is 13.5. The SMILES string of the molecule is CC[C@H](C)[C@@H]1NC(=O)[C@H](CN)NC(=O)[C@H](CN)NC(=O)[C@@H]2CCCN2C(=O)[C@H]([C@@H](C)CC)NC(=O)[C@H]2NC[C@](C=O)([C@@H](C)CC)NC(=O)[C@@H]3C[C@@H]4CCCC[C@@H]4N3C(=O)[C@H]3CCCN3C(=O)[C@H](CC(C)C)NC(=O)[C@H](CO)NC(=O)[C@H](CCCN=C(N)N)NC(=O)[C@H](CO)NC(=O)[C@@H](NC1=O)SSC2(C)C. The van der Waals surface area contributed by atoms with Crippen molar-refractivity contribution in [1.29, 1.82) is 0 Å². The van der Waals surface area contributed by atoms with E-state index in [0.29, 0.717) is 49.2 Å². The molecule has 0 aromatic rings. The van der Waals surface area contributed by atoms with Crippen molar-refractivity contribution in [2.24, 2.45) is 57.5 Å². The summed E-state index contributed by atoms with van der Waals surface area (Å²) in [4.78, 5) is 216. The smallest absolute Gasteiger partial charge is 0.254 e. The fourth-order valence-corrected chi connectivity index (χ4v) is 17.3. The zero-order valence-corrected chi connectivity index (χ0v) is 64.5. The molecule has 37 heteroatoms. The normalized spacial score (nSPS) is 32.4. The lowest BCUT2D eigenvalue weighted by molar-refractivity contribution is -0.150. The molecule has 19 atom stereocenters. The third-order valence-corrected chi connectivity index (χ3v) is 25.1. The molecule has 0 radical (unpaired) electrons.